The second-order valence-electron chi connectivity index (χ2n) is 5.45. The minimum absolute atomic E-state index is 0.0760. The molecule has 0 N–H and O–H groups in total. The molecule has 0 bridgehead atoms. The zero-order chi connectivity index (χ0) is 18.0. The van der Waals surface area contributed by atoms with Crippen molar-refractivity contribution in [3.63, 3.8) is 0 Å². The second-order valence-corrected chi connectivity index (χ2v) is 5.45. The second kappa shape index (κ2) is 6.56. The molecule has 1 aromatic heterocycles. The van der Waals surface area contributed by atoms with Crippen molar-refractivity contribution in [2.75, 3.05) is 7.11 Å². The molecule has 0 radical (unpaired) electrons. The van der Waals surface area contributed by atoms with E-state index in [0.29, 0.717) is 23.0 Å². The number of non-ortho nitro benzene ring substituents is 1. The minimum Gasteiger partial charge on any atom is -0.465 e. The maximum atomic E-state index is 12.0. The van der Waals surface area contributed by atoms with Crippen molar-refractivity contribution in [3.05, 3.63) is 86.2 Å². The van der Waals surface area contributed by atoms with Gasteiger partial charge in [0.1, 0.15) is 0 Å². The van der Waals surface area contributed by atoms with Gasteiger partial charge in [-0.2, -0.15) is 0 Å². The lowest BCUT2D eigenvalue weighted by Crippen LogP contribution is -2.09. The Morgan fingerprint density at radius 1 is 1.16 bits per heavy atom. The summed E-state index contributed by atoms with van der Waals surface area (Å²) >= 11 is 0. The molecular weight excluding hydrogens is 324 g/mol. The van der Waals surface area contributed by atoms with E-state index in [1.165, 1.54) is 31.4 Å². The van der Waals surface area contributed by atoms with Crippen LogP contribution < -0.4 is 5.43 Å². The lowest BCUT2D eigenvalue weighted by molar-refractivity contribution is -0.384. The molecule has 0 saturated carbocycles. The summed E-state index contributed by atoms with van der Waals surface area (Å²) in [6.45, 7) is 0.402. The molecule has 0 atom stereocenters. The number of nitro benzene ring substituents is 1. The van der Waals surface area contributed by atoms with Crippen LogP contribution in [0.25, 0.3) is 10.9 Å². The smallest absolute Gasteiger partial charge is 0.337 e. The molecule has 0 saturated heterocycles. The zero-order valence-corrected chi connectivity index (χ0v) is 13.3. The first-order valence-electron chi connectivity index (χ1n) is 7.44. The molecule has 0 aliphatic heterocycles. The number of ether oxygens (including phenoxy) is 1. The van der Waals surface area contributed by atoms with E-state index in [9.17, 15) is 19.7 Å². The van der Waals surface area contributed by atoms with Crippen molar-refractivity contribution in [1.29, 1.82) is 0 Å². The fraction of sp³-hybridized carbons (Fsp3) is 0.111. The molecule has 7 nitrogen and oxygen atoms in total. The molecule has 3 aromatic rings. The first kappa shape index (κ1) is 16.4. The monoisotopic (exact) mass is 338 g/mol. The molecule has 2 aromatic carbocycles. The standard InChI is InChI=1S/C18H14N2O5/c1-25-18(22)13-4-2-12(3-5-13)11-19-9-8-17(21)15-7-6-14(20(23)24)10-16(15)19/h2-10H,11H2,1H3. The van der Waals surface area contributed by atoms with E-state index < -0.39 is 10.9 Å². The Bertz CT molecular complexity index is 1020. The number of nitrogens with zero attached hydrogens (tertiary/aromatic N) is 2. The molecule has 0 spiro atoms. The highest BCUT2D eigenvalue weighted by Gasteiger charge is 2.11. The van der Waals surface area contributed by atoms with Gasteiger partial charge in [0, 0.05) is 36.3 Å². The zero-order valence-electron chi connectivity index (χ0n) is 13.3. The largest absolute Gasteiger partial charge is 0.465 e. The van der Waals surface area contributed by atoms with Crippen LogP contribution >= 0.6 is 0 Å². The van der Waals surface area contributed by atoms with Gasteiger partial charge in [-0.25, -0.2) is 4.79 Å². The van der Waals surface area contributed by atoms with Gasteiger partial charge in [0.05, 0.1) is 23.1 Å². The van der Waals surface area contributed by atoms with Crippen molar-refractivity contribution in [3.8, 4) is 0 Å². The van der Waals surface area contributed by atoms with Gasteiger partial charge in [0.25, 0.3) is 5.69 Å². The number of nitro groups is 1. The fourth-order valence-electron chi connectivity index (χ4n) is 2.61. The van der Waals surface area contributed by atoms with Crippen LogP contribution in [0.5, 0.6) is 0 Å². The number of carbonyl (C=O) groups is 1. The van der Waals surface area contributed by atoms with Crippen LogP contribution in [0.4, 0.5) is 5.69 Å². The Hall–Kier alpha value is -3.48. The van der Waals surface area contributed by atoms with E-state index in [-0.39, 0.29) is 11.1 Å². The number of aromatic nitrogens is 1. The van der Waals surface area contributed by atoms with Gasteiger partial charge < -0.3 is 9.30 Å². The van der Waals surface area contributed by atoms with Gasteiger partial charge in [-0.3, -0.25) is 14.9 Å². The number of esters is 1. The molecule has 1 heterocycles. The Kier molecular flexibility index (Phi) is 4.30. The highest BCUT2D eigenvalue weighted by atomic mass is 16.6. The summed E-state index contributed by atoms with van der Waals surface area (Å²) in [7, 11) is 1.32. The van der Waals surface area contributed by atoms with Gasteiger partial charge in [-0.15, -0.1) is 0 Å². The van der Waals surface area contributed by atoms with E-state index in [1.54, 1.807) is 35.0 Å². The van der Waals surface area contributed by atoms with Crippen LogP contribution in [-0.4, -0.2) is 22.6 Å². The van der Waals surface area contributed by atoms with Crippen molar-refractivity contribution in [2.45, 2.75) is 6.54 Å². The molecule has 0 aliphatic rings. The van der Waals surface area contributed by atoms with Gasteiger partial charge in [0.2, 0.25) is 0 Å². The quantitative estimate of drug-likeness (QED) is 0.414. The molecule has 25 heavy (non-hydrogen) atoms. The van der Waals surface area contributed by atoms with Crippen molar-refractivity contribution in [1.82, 2.24) is 4.57 Å². The summed E-state index contributed by atoms with van der Waals surface area (Å²) < 4.78 is 6.42. The third kappa shape index (κ3) is 3.25. The van der Waals surface area contributed by atoms with Crippen molar-refractivity contribution >= 4 is 22.6 Å². The predicted molar refractivity (Wildman–Crippen MR) is 91.7 cm³/mol. The molecule has 0 amide bonds. The molecule has 0 aliphatic carbocycles. The predicted octanol–water partition coefficient (Wildman–Crippen LogP) is 2.74. The van der Waals surface area contributed by atoms with Gasteiger partial charge in [-0.05, 0) is 23.8 Å². The Balaban J connectivity index is 2.02. The lowest BCUT2D eigenvalue weighted by Gasteiger charge is -2.11. The lowest BCUT2D eigenvalue weighted by atomic mass is 10.1. The van der Waals surface area contributed by atoms with E-state index in [1.807, 2.05) is 0 Å². The maximum absolute atomic E-state index is 12.0. The molecule has 3 rings (SSSR count). The molecule has 126 valence electrons. The Morgan fingerprint density at radius 3 is 2.52 bits per heavy atom. The van der Waals surface area contributed by atoms with Crippen LogP contribution in [0.1, 0.15) is 15.9 Å². The number of hydrogen-bond donors (Lipinski definition) is 0. The first-order chi connectivity index (χ1) is 12.0. The van der Waals surface area contributed by atoms with Crippen LogP contribution in [0.2, 0.25) is 0 Å². The number of hydrogen-bond acceptors (Lipinski definition) is 5. The van der Waals surface area contributed by atoms with E-state index in [4.69, 9.17) is 0 Å². The third-order valence-corrected chi connectivity index (χ3v) is 3.90. The van der Waals surface area contributed by atoms with E-state index in [2.05, 4.69) is 4.74 Å². The van der Waals surface area contributed by atoms with Crippen molar-refractivity contribution in [2.24, 2.45) is 0 Å². The minimum atomic E-state index is -0.494. The molecule has 0 fully saturated rings. The first-order valence-corrected chi connectivity index (χ1v) is 7.44. The molecule has 0 unspecified atom stereocenters. The summed E-state index contributed by atoms with van der Waals surface area (Å²) in [5.41, 5.74) is 1.53. The molecular formula is C18H14N2O5. The Morgan fingerprint density at radius 2 is 1.88 bits per heavy atom. The SMILES string of the molecule is COC(=O)c1ccc(Cn2ccc(=O)c3ccc([N+](=O)[O-])cc32)cc1. The number of benzene rings is 2. The summed E-state index contributed by atoms with van der Waals surface area (Å²) in [5.74, 6) is -0.420. The third-order valence-electron chi connectivity index (χ3n) is 3.90. The van der Waals surface area contributed by atoms with Crippen molar-refractivity contribution < 1.29 is 14.5 Å². The van der Waals surface area contributed by atoms with Crippen LogP contribution in [0.3, 0.4) is 0 Å². The van der Waals surface area contributed by atoms with Gasteiger partial charge in [0.15, 0.2) is 5.43 Å². The number of methoxy groups -OCH3 is 1. The Labute approximate surface area is 142 Å². The van der Waals surface area contributed by atoms with Gasteiger partial charge >= 0.3 is 5.97 Å². The fourth-order valence-corrected chi connectivity index (χ4v) is 2.61. The topological polar surface area (TPSA) is 91.4 Å². The summed E-state index contributed by atoms with van der Waals surface area (Å²) in [6, 6.07) is 12.4. The summed E-state index contributed by atoms with van der Waals surface area (Å²) in [4.78, 5) is 34.0. The number of rotatable bonds is 4. The summed E-state index contributed by atoms with van der Waals surface area (Å²) in [5, 5.41) is 11.4. The summed E-state index contributed by atoms with van der Waals surface area (Å²) in [6.07, 6.45) is 1.60. The average molecular weight is 338 g/mol. The number of pyridine rings is 1. The van der Waals surface area contributed by atoms with Gasteiger partial charge in [-0.1, -0.05) is 12.1 Å². The normalized spacial score (nSPS) is 10.6. The maximum Gasteiger partial charge on any atom is 0.337 e. The highest BCUT2D eigenvalue weighted by Crippen LogP contribution is 2.19. The average Bonchev–Trinajstić information content (AvgIpc) is 2.63. The van der Waals surface area contributed by atoms with Crippen LogP contribution in [0.15, 0.2) is 59.5 Å². The van der Waals surface area contributed by atoms with E-state index >= 15 is 0 Å². The van der Waals surface area contributed by atoms with Crippen LogP contribution in [-0.2, 0) is 11.3 Å². The molecule has 7 heteroatoms. The number of fused-ring (bicyclic) bond motifs is 1. The number of carbonyl (C=O) groups excluding carboxylic acids is 1. The van der Waals surface area contributed by atoms with Crippen LogP contribution in [0, 0.1) is 10.1 Å². The van der Waals surface area contributed by atoms with E-state index in [0.717, 1.165) is 5.56 Å². The highest BCUT2D eigenvalue weighted by molar-refractivity contribution is 5.89.